The number of nitrogens with one attached hydrogen (secondary N) is 1. The summed E-state index contributed by atoms with van der Waals surface area (Å²) in [7, 11) is 1.69. The highest BCUT2D eigenvalue weighted by Gasteiger charge is 2.25. The van der Waals surface area contributed by atoms with Crippen LogP contribution in [0, 0.1) is 12.7 Å². The molecule has 7 heteroatoms. The zero-order chi connectivity index (χ0) is 18.0. The van der Waals surface area contributed by atoms with Crippen LogP contribution in [0.25, 0.3) is 5.57 Å². The van der Waals surface area contributed by atoms with E-state index in [1.807, 2.05) is 0 Å². The van der Waals surface area contributed by atoms with E-state index in [4.69, 9.17) is 0 Å². The third-order valence-electron chi connectivity index (χ3n) is 4.15. The number of anilines is 1. The standard InChI is InChI=1S/C18H19FN4O2/c1-12-11-16(22(2)21-12)20-17(24)18(25)23-9-7-13(8-10-23)14-5-3-4-6-15(14)19/h3-7,11H,8-10H2,1-2H3,(H,20,24). The Bertz CT molecular complexity index is 857. The Hall–Kier alpha value is -2.96. The van der Waals surface area contributed by atoms with Crippen LogP contribution in [-0.2, 0) is 16.6 Å². The number of amides is 2. The van der Waals surface area contributed by atoms with Gasteiger partial charge in [-0.3, -0.25) is 14.3 Å². The van der Waals surface area contributed by atoms with Gasteiger partial charge < -0.3 is 10.2 Å². The van der Waals surface area contributed by atoms with Crippen molar-refractivity contribution in [1.29, 1.82) is 0 Å². The number of nitrogens with zero attached hydrogens (tertiary/aromatic N) is 3. The molecule has 1 aliphatic rings. The maximum atomic E-state index is 13.8. The highest BCUT2D eigenvalue weighted by Crippen LogP contribution is 2.24. The summed E-state index contributed by atoms with van der Waals surface area (Å²) in [6.45, 7) is 2.45. The number of halogens is 1. The molecule has 1 aromatic carbocycles. The number of carbonyl (C=O) groups excluding carboxylic acids is 2. The van der Waals surface area contributed by atoms with Gasteiger partial charge in [0.25, 0.3) is 0 Å². The number of hydrogen-bond donors (Lipinski definition) is 1. The largest absolute Gasteiger partial charge is 0.330 e. The Morgan fingerprint density at radius 3 is 2.64 bits per heavy atom. The molecule has 2 heterocycles. The van der Waals surface area contributed by atoms with Crippen molar-refractivity contribution in [2.75, 3.05) is 18.4 Å². The lowest BCUT2D eigenvalue weighted by Gasteiger charge is -2.26. The van der Waals surface area contributed by atoms with Crippen LogP contribution in [-0.4, -0.2) is 39.6 Å². The number of rotatable bonds is 2. The molecule has 0 radical (unpaired) electrons. The molecule has 1 aliphatic heterocycles. The summed E-state index contributed by atoms with van der Waals surface area (Å²) in [4.78, 5) is 25.9. The van der Waals surface area contributed by atoms with Gasteiger partial charge >= 0.3 is 11.8 Å². The first-order chi connectivity index (χ1) is 12.0. The van der Waals surface area contributed by atoms with E-state index < -0.39 is 11.8 Å². The Kier molecular flexibility index (Phi) is 4.65. The average molecular weight is 342 g/mol. The summed E-state index contributed by atoms with van der Waals surface area (Å²) in [5.74, 6) is -1.12. The van der Waals surface area contributed by atoms with Gasteiger partial charge in [-0.05, 0) is 25.0 Å². The van der Waals surface area contributed by atoms with Crippen molar-refractivity contribution in [2.45, 2.75) is 13.3 Å². The second kappa shape index (κ2) is 6.88. The average Bonchev–Trinajstić information content (AvgIpc) is 2.92. The molecule has 130 valence electrons. The van der Waals surface area contributed by atoms with E-state index in [0.29, 0.717) is 24.3 Å². The van der Waals surface area contributed by atoms with Gasteiger partial charge in [0.15, 0.2) is 0 Å². The van der Waals surface area contributed by atoms with Crippen molar-refractivity contribution in [3.63, 3.8) is 0 Å². The van der Waals surface area contributed by atoms with Gasteiger partial charge in [0.2, 0.25) is 0 Å². The van der Waals surface area contributed by atoms with E-state index in [2.05, 4.69) is 10.4 Å². The number of hydrogen-bond acceptors (Lipinski definition) is 3. The van der Waals surface area contributed by atoms with Crippen molar-refractivity contribution in [2.24, 2.45) is 7.05 Å². The lowest BCUT2D eigenvalue weighted by molar-refractivity contribution is -0.142. The van der Waals surface area contributed by atoms with Gasteiger partial charge in [0.1, 0.15) is 11.6 Å². The molecule has 2 amide bonds. The van der Waals surface area contributed by atoms with Crippen LogP contribution in [0.2, 0.25) is 0 Å². The number of aromatic nitrogens is 2. The van der Waals surface area contributed by atoms with Crippen molar-refractivity contribution < 1.29 is 14.0 Å². The molecule has 0 bridgehead atoms. The monoisotopic (exact) mass is 342 g/mol. The quantitative estimate of drug-likeness (QED) is 0.850. The molecule has 3 rings (SSSR count). The Morgan fingerprint density at radius 2 is 2.04 bits per heavy atom. The van der Waals surface area contributed by atoms with Gasteiger partial charge in [-0.1, -0.05) is 24.3 Å². The predicted octanol–water partition coefficient (Wildman–Crippen LogP) is 2.12. The van der Waals surface area contributed by atoms with Crippen molar-refractivity contribution >= 4 is 23.2 Å². The number of aryl methyl sites for hydroxylation is 2. The summed E-state index contributed by atoms with van der Waals surface area (Å²) >= 11 is 0. The van der Waals surface area contributed by atoms with Gasteiger partial charge in [0, 0.05) is 31.8 Å². The van der Waals surface area contributed by atoms with Crippen LogP contribution in [0.5, 0.6) is 0 Å². The molecule has 0 saturated heterocycles. The van der Waals surface area contributed by atoms with E-state index in [9.17, 15) is 14.0 Å². The molecular weight excluding hydrogens is 323 g/mol. The molecular formula is C18H19FN4O2. The second-order valence-corrected chi connectivity index (χ2v) is 5.96. The molecule has 0 unspecified atom stereocenters. The second-order valence-electron chi connectivity index (χ2n) is 5.96. The molecule has 1 aromatic heterocycles. The number of benzene rings is 1. The first kappa shape index (κ1) is 16.9. The third kappa shape index (κ3) is 3.60. The van der Waals surface area contributed by atoms with Crippen LogP contribution in [0.4, 0.5) is 10.2 Å². The van der Waals surface area contributed by atoms with Crippen molar-refractivity contribution in [1.82, 2.24) is 14.7 Å². The molecule has 2 aromatic rings. The topological polar surface area (TPSA) is 67.2 Å². The summed E-state index contributed by atoms with van der Waals surface area (Å²) < 4.78 is 15.4. The predicted molar refractivity (Wildman–Crippen MR) is 92.1 cm³/mol. The van der Waals surface area contributed by atoms with Crippen molar-refractivity contribution in [3.05, 3.63) is 53.5 Å². The normalized spacial score (nSPS) is 14.2. The minimum atomic E-state index is -0.703. The van der Waals surface area contributed by atoms with E-state index in [1.165, 1.54) is 15.6 Å². The maximum Gasteiger partial charge on any atom is 0.315 e. The van der Waals surface area contributed by atoms with Crippen LogP contribution in [0.15, 0.2) is 36.4 Å². The summed E-state index contributed by atoms with van der Waals surface area (Å²) in [6, 6.07) is 8.24. The van der Waals surface area contributed by atoms with Gasteiger partial charge in [-0.25, -0.2) is 4.39 Å². The number of carbonyl (C=O) groups is 2. The fourth-order valence-corrected chi connectivity index (χ4v) is 2.86. The first-order valence-corrected chi connectivity index (χ1v) is 8.00. The lowest BCUT2D eigenvalue weighted by atomic mass is 9.99. The van der Waals surface area contributed by atoms with Gasteiger partial charge in [-0.2, -0.15) is 5.10 Å². The fraction of sp³-hybridized carbons (Fsp3) is 0.278. The molecule has 0 saturated carbocycles. The van der Waals surface area contributed by atoms with E-state index in [-0.39, 0.29) is 12.4 Å². The van der Waals surface area contributed by atoms with Crippen LogP contribution >= 0.6 is 0 Å². The van der Waals surface area contributed by atoms with E-state index >= 15 is 0 Å². The molecule has 0 aliphatic carbocycles. The molecule has 0 spiro atoms. The minimum Gasteiger partial charge on any atom is -0.330 e. The molecule has 6 nitrogen and oxygen atoms in total. The Morgan fingerprint density at radius 1 is 1.28 bits per heavy atom. The van der Waals surface area contributed by atoms with Crippen molar-refractivity contribution in [3.8, 4) is 0 Å². The lowest BCUT2D eigenvalue weighted by Crippen LogP contribution is -2.42. The fourth-order valence-electron chi connectivity index (χ4n) is 2.86. The van der Waals surface area contributed by atoms with Gasteiger partial charge in [0.05, 0.1) is 5.69 Å². The maximum absolute atomic E-state index is 13.8. The molecule has 1 N–H and O–H groups in total. The summed E-state index contributed by atoms with van der Waals surface area (Å²) in [5, 5.41) is 6.69. The van der Waals surface area contributed by atoms with Gasteiger partial charge in [-0.15, -0.1) is 0 Å². The summed E-state index contributed by atoms with van der Waals surface area (Å²) in [6.07, 6.45) is 2.30. The Balaban J connectivity index is 1.66. The smallest absolute Gasteiger partial charge is 0.315 e. The summed E-state index contributed by atoms with van der Waals surface area (Å²) in [5.41, 5.74) is 2.15. The minimum absolute atomic E-state index is 0.278. The zero-order valence-electron chi connectivity index (χ0n) is 14.1. The SMILES string of the molecule is Cc1cc(NC(=O)C(=O)N2CC=C(c3ccccc3F)CC2)n(C)n1. The highest BCUT2D eigenvalue weighted by molar-refractivity contribution is 6.39. The van der Waals surface area contributed by atoms with E-state index in [1.54, 1.807) is 44.3 Å². The first-order valence-electron chi connectivity index (χ1n) is 8.00. The molecule has 0 atom stereocenters. The van der Waals surface area contributed by atoms with E-state index in [0.717, 1.165) is 11.3 Å². The zero-order valence-corrected chi connectivity index (χ0v) is 14.1. The van der Waals surface area contributed by atoms with Crippen LogP contribution in [0.3, 0.4) is 0 Å². The highest BCUT2D eigenvalue weighted by atomic mass is 19.1. The molecule has 25 heavy (non-hydrogen) atoms. The Labute approximate surface area is 144 Å². The molecule has 0 fully saturated rings. The van der Waals surface area contributed by atoms with Crippen LogP contribution < -0.4 is 5.32 Å². The third-order valence-corrected chi connectivity index (χ3v) is 4.15. The van der Waals surface area contributed by atoms with Crippen LogP contribution in [0.1, 0.15) is 17.7 Å².